The fraction of sp³-hybridized carbons (Fsp3) is 0.455. The molecule has 0 spiro atoms. The van der Waals surface area contributed by atoms with Gasteiger partial charge in [-0.05, 0) is 53.5 Å². The molecule has 2 nitrogen and oxygen atoms in total. The quantitative estimate of drug-likeness (QED) is 0.670. The van der Waals surface area contributed by atoms with Gasteiger partial charge < -0.3 is 10.4 Å². The molecule has 1 heterocycles. The van der Waals surface area contributed by atoms with Gasteiger partial charge in [0.1, 0.15) is 0 Å². The summed E-state index contributed by atoms with van der Waals surface area (Å²) in [6.07, 6.45) is -2.75. The monoisotopic (exact) mass is 377 g/mol. The van der Waals surface area contributed by atoms with E-state index in [-0.39, 0.29) is 30.4 Å². The fourth-order valence-electron chi connectivity index (χ4n) is 4.13. The Morgan fingerprint density at radius 2 is 1.81 bits per heavy atom. The summed E-state index contributed by atoms with van der Waals surface area (Å²) >= 11 is 0. The lowest BCUT2D eigenvalue weighted by Crippen LogP contribution is -2.33. The first-order valence-corrected chi connectivity index (χ1v) is 9.48. The Labute approximate surface area is 158 Å². The maximum atomic E-state index is 13.2. The summed E-state index contributed by atoms with van der Waals surface area (Å²) < 4.78 is 39.6. The van der Waals surface area contributed by atoms with E-state index >= 15 is 0 Å². The minimum Gasteiger partial charge on any atom is -0.396 e. The largest absolute Gasteiger partial charge is 0.416 e. The summed E-state index contributed by atoms with van der Waals surface area (Å²) in [6.45, 7) is 4.14. The average Bonchev–Trinajstić information content (AvgIpc) is 2.67. The molecule has 0 aliphatic carbocycles. The minimum atomic E-state index is -4.35. The predicted molar refractivity (Wildman–Crippen MR) is 102 cm³/mol. The molecule has 1 aliphatic heterocycles. The number of benzene rings is 2. The van der Waals surface area contributed by atoms with Crippen molar-refractivity contribution >= 4 is 5.69 Å². The molecule has 146 valence electrons. The summed E-state index contributed by atoms with van der Waals surface area (Å²) in [5.74, 6) is 0.188. The Kier molecular flexibility index (Phi) is 5.80. The van der Waals surface area contributed by atoms with Gasteiger partial charge in [0.05, 0.1) is 11.6 Å². The van der Waals surface area contributed by atoms with Crippen LogP contribution in [0.3, 0.4) is 0 Å². The van der Waals surface area contributed by atoms with E-state index in [1.165, 1.54) is 6.07 Å². The Balaban J connectivity index is 2.02. The van der Waals surface area contributed by atoms with Crippen LogP contribution in [0.15, 0.2) is 48.5 Å². The number of hydrogen-bond donors (Lipinski definition) is 2. The molecule has 2 aromatic carbocycles. The van der Waals surface area contributed by atoms with Crippen molar-refractivity contribution < 1.29 is 18.3 Å². The number of anilines is 1. The number of nitrogens with one attached hydrogen (secondary N) is 1. The van der Waals surface area contributed by atoms with Crippen LogP contribution in [0.2, 0.25) is 0 Å². The van der Waals surface area contributed by atoms with Crippen molar-refractivity contribution in [3.63, 3.8) is 0 Å². The number of halogens is 3. The van der Waals surface area contributed by atoms with Gasteiger partial charge in [-0.25, -0.2) is 0 Å². The zero-order chi connectivity index (χ0) is 19.6. The summed E-state index contributed by atoms with van der Waals surface area (Å²) in [5.41, 5.74) is 1.97. The number of aliphatic hydroxyl groups is 1. The number of fused-ring (bicyclic) bond motifs is 1. The third kappa shape index (κ3) is 4.13. The van der Waals surface area contributed by atoms with E-state index in [0.717, 1.165) is 30.2 Å². The van der Waals surface area contributed by atoms with Crippen LogP contribution in [0.4, 0.5) is 18.9 Å². The maximum absolute atomic E-state index is 13.2. The van der Waals surface area contributed by atoms with Gasteiger partial charge in [-0.2, -0.15) is 13.2 Å². The number of alkyl halides is 3. The molecule has 2 aromatic rings. The average molecular weight is 377 g/mol. The first-order chi connectivity index (χ1) is 12.8. The van der Waals surface area contributed by atoms with Crippen LogP contribution in [0.1, 0.15) is 55.3 Å². The van der Waals surface area contributed by atoms with Crippen molar-refractivity contribution in [3.05, 3.63) is 65.2 Å². The van der Waals surface area contributed by atoms with Crippen molar-refractivity contribution in [1.29, 1.82) is 0 Å². The van der Waals surface area contributed by atoms with Crippen molar-refractivity contribution in [2.75, 3.05) is 11.9 Å². The molecule has 4 atom stereocenters. The van der Waals surface area contributed by atoms with Crippen molar-refractivity contribution in [2.24, 2.45) is 11.8 Å². The topological polar surface area (TPSA) is 32.3 Å². The van der Waals surface area contributed by atoms with Gasteiger partial charge in [-0.3, -0.25) is 0 Å². The van der Waals surface area contributed by atoms with Gasteiger partial charge in [-0.1, -0.05) is 50.6 Å². The van der Waals surface area contributed by atoms with Crippen LogP contribution in [0.25, 0.3) is 0 Å². The fourth-order valence-corrected chi connectivity index (χ4v) is 4.13. The summed E-state index contributed by atoms with van der Waals surface area (Å²) in [6, 6.07) is 14.0. The molecule has 27 heavy (non-hydrogen) atoms. The zero-order valence-electron chi connectivity index (χ0n) is 15.6. The molecule has 0 fully saturated rings. The highest BCUT2D eigenvalue weighted by Crippen LogP contribution is 2.48. The lowest BCUT2D eigenvalue weighted by molar-refractivity contribution is -0.137. The lowest BCUT2D eigenvalue weighted by atomic mass is 9.72. The summed E-state index contributed by atoms with van der Waals surface area (Å²) in [4.78, 5) is 0. The maximum Gasteiger partial charge on any atom is 0.416 e. The van der Waals surface area contributed by atoms with Crippen LogP contribution in [0.5, 0.6) is 0 Å². The molecule has 0 saturated heterocycles. The van der Waals surface area contributed by atoms with Crippen molar-refractivity contribution in [2.45, 2.75) is 44.8 Å². The highest BCUT2D eigenvalue weighted by molar-refractivity contribution is 5.59. The molecule has 0 bridgehead atoms. The normalized spacial score (nSPS) is 23.4. The highest BCUT2D eigenvalue weighted by atomic mass is 19.4. The lowest BCUT2D eigenvalue weighted by Gasteiger charge is -2.41. The van der Waals surface area contributed by atoms with Crippen LogP contribution in [-0.2, 0) is 6.18 Å². The second-order valence-corrected chi connectivity index (χ2v) is 7.48. The van der Waals surface area contributed by atoms with Crippen LogP contribution in [0, 0.1) is 11.8 Å². The van der Waals surface area contributed by atoms with Crippen LogP contribution >= 0.6 is 0 Å². The standard InChI is InChI=1S/C22H26F3NO/c1-3-15(13-27)11-19-14(2)18-12-17(22(23,24)25)9-10-20(18)26-21(19)16-7-5-4-6-8-16/h4-10,12,14-15,19,21,26-27H,3,11,13H2,1-2H3. The van der Waals surface area contributed by atoms with E-state index in [4.69, 9.17) is 0 Å². The Morgan fingerprint density at radius 3 is 2.41 bits per heavy atom. The van der Waals surface area contributed by atoms with Crippen LogP contribution < -0.4 is 5.32 Å². The first-order valence-electron chi connectivity index (χ1n) is 9.48. The number of hydrogen-bond acceptors (Lipinski definition) is 2. The molecule has 0 radical (unpaired) electrons. The van der Waals surface area contributed by atoms with E-state index in [9.17, 15) is 18.3 Å². The minimum absolute atomic E-state index is 0.00559. The van der Waals surface area contributed by atoms with Gasteiger partial charge in [0, 0.05) is 12.3 Å². The molecular formula is C22H26F3NO. The molecule has 4 unspecified atom stereocenters. The molecule has 0 amide bonds. The third-order valence-corrected chi connectivity index (χ3v) is 5.85. The second kappa shape index (κ2) is 7.93. The molecular weight excluding hydrogens is 351 g/mol. The Hall–Kier alpha value is -2.01. The highest BCUT2D eigenvalue weighted by Gasteiger charge is 2.38. The van der Waals surface area contributed by atoms with E-state index in [1.54, 1.807) is 6.07 Å². The molecule has 0 saturated carbocycles. The van der Waals surface area contributed by atoms with Gasteiger partial charge in [0.2, 0.25) is 0 Å². The zero-order valence-corrected chi connectivity index (χ0v) is 15.6. The summed E-state index contributed by atoms with van der Waals surface area (Å²) in [7, 11) is 0. The van der Waals surface area contributed by atoms with Gasteiger partial charge >= 0.3 is 6.18 Å². The van der Waals surface area contributed by atoms with E-state index in [2.05, 4.69) is 5.32 Å². The molecule has 5 heteroatoms. The summed E-state index contributed by atoms with van der Waals surface area (Å²) in [5, 5.41) is 13.2. The molecule has 2 N–H and O–H groups in total. The van der Waals surface area contributed by atoms with Crippen molar-refractivity contribution in [3.8, 4) is 0 Å². The second-order valence-electron chi connectivity index (χ2n) is 7.48. The number of aliphatic hydroxyl groups excluding tert-OH is 1. The van der Waals surface area contributed by atoms with Gasteiger partial charge in [0.25, 0.3) is 0 Å². The molecule has 1 aliphatic rings. The Bertz CT molecular complexity index is 756. The third-order valence-electron chi connectivity index (χ3n) is 5.85. The van der Waals surface area contributed by atoms with Gasteiger partial charge in [0.15, 0.2) is 0 Å². The SMILES string of the molecule is CCC(CO)CC1C(C)c2cc(C(F)(F)F)ccc2NC1c1ccccc1. The Morgan fingerprint density at radius 1 is 1.11 bits per heavy atom. The predicted octanol–water partition coefficient (Wildman–Crippen LogP) is 6.00. The molecule has 0 aromatic heterocycles. The van der Waals surface area contributed by atoms with Crippen LogP contribution in [-0.4, -0.2) is 11.7 Å². The van der Waals surface area contributed by atoms with E-state index in [1.807, 2.05) is 44.2 Å². The van der Waals surface area contributed by atoms with Crippen molar-refractivity contribution in [1.82, 2.24) is 0 Å². The van der Waals surface area contributed by atoms with Gasteiger partial charge in [-0.15, -0.1) is 0 Å². The molecule has 3 rings (SSSR count). The first kappa shape index (κ1) is 19.7. The smallest absolute Gasteiger partial charge is 0.396 e. The van der Waals surface area contributed by atoms with E-state index < -0.39 is 11.7 Å². The number of rotatable bonds is 5. The van der Waals surface area contributed by atoms with E-state index in [0.29, 0.717) is 5.56 Å².